The summed E-state index contributed by atoms with van der Waals surface area (Å²) in [6.07, 6.45) is 1.93. The van der Waals surface area contributed by atoms with Crippen LogP contribution in [-0.4, -0.2) is 10.3 Å². The van der Waals surface area contributed by atoms with Crippen LogP contribution in [0.3, 0.4) is 0 Å². The van der Waals surface area contributed by atoms with Gasteiger partial charge in [0.1, 0.15) is 6.17 Å². The molecular formula is C50H33N3S. The van der Waals surface area contributed by atoms with Crippen molar-refractivity contribution in [2.45, 2.75) is 6.17 Å². The van der Waals surface area contributed by atoms with E-state index in [0.29, 0.717) is 0 Å². The molecule has 3 nitrogen and oxygen atoms in total. The van der Waals surface area contributed by atoms with Gasteiger partial charge in [0.05, 0.1) is 21.4 Å². The molecule has 1 unspecified atom stereocenters. The summed E-state index contributed by atoms with van der Waals surface area (Å²) in [5.41, 5.74) is 11.5. The number of aliphatic imine (C=N–C) groups is 1. The van der Waals surface area contributed by atoms with Gasteiger partial charge in [-0.25, -0.2) is 0 Å². The molecule has 11 rings (SSSR count). The maximum absolute atomic E-state index is 5.48. The van der Waals surface area contributed by atoms with E-state index in [1.165, 1.54) is 75.1 Å². The second kappa shape index (κ2) is 12.4. The van der Waals surface area contributed by atoms with Crippen molar-refractivity contribution in [3.8, 4) is 16.8 Å². The Morgan fingerprint density at radius 3 is 1.98 bits per heavy atom. The van der Waals surface area contributed by atoms with Crippen LogP contribution in [0.5, 0.6) is 0 Å². The van der Waals surface area contributed by atoms with Crippen LogP contribution < -0.4 is 5.32 Å². The second-order valence-electron chi connectivity index (χ2n) is 14.0. The van der Waals surface area contributed by atoms with Crippen LogP contribution in [0.4, 0.5) is 0 Å². The molecule has 0 amide bonds. The lowest BCUT2D eigenvalue weighted by atomic mass is 9.98. The third-order valence-corrected chi connectivity index (χ3v) is 12.1. The van der Waals surface area contributed by atoms with Gasteiger partial charge < -0.3 is 9.88 Å². The van der Waals surface area contributed by atoms with E-state index in [4.69, 9.17) is 4.99 Å². The quantitative estimate of drug-likeness (QED) is 0.190. The van der Waals surface area contributed by atoms with E-state index in [2.05, 4.69) is 198 Å². The molecule has 0 radical (unpaired) electrons. The second-order valence-corrected chi connectivity index (χ2v) is 15.0. The third kappa shape index (κ3) is 4.99. The minimum Gasteiger partial charge on any atom is -0.359 e. The zero-order valence-electron chi connectivity index (χ0n) is 29.3. The summed E-state index contributed by atoms with van der Waals surface area (Å²) in [5, 5.41) is 11.4. The minimum atomic E-state index is -0.285. The average Bonchev–Trinajstić information content (AvgIpc) is 3.80. The molecule has 8 aromatic carbocycles. The van der Waals surface area contributed by atoms with Crippen molar-refractivity contribution in [2.75, 3.05) is 0 Å². The summed E-state index contributed by atoms with van der Waals surface area (Å²) in [6, 6.07) is 65.5. The lowest BCUT2D eigenvalue weighted by Crippen LogP contribution is -2.25. The molecule has 1 atom stereocenters. The number of rotatable bonds is 5. The number of benzene rings is 8. The number of hydrogen-bond acceptors (Lipinski definition) is 3. The van der Waals surface area contributed by atoms with Crippen molar-refractivity contribution in [1.82, 2.24) is 9.88 Å². The largest absolute Gasteiger partial charge is 0.359 e. The van der Waals surface area contributed by atoms with E-state index in [0.717, 1.165) is 22.5 Å². The maximum Gasteiger partial charge on any atom is 0.146 e. The first-order valence-electron chi connectivity index (χ1n) is 18.4. The van der Waals surface area contributed by atoms with E-state index < -0.39 is 0 Å². The summed E-state index contributed by atoms with van der Waals surface area (Å²) in [4.78, 5) is 5.48. The molecule has 0 saturated heterocycles. The Labute approximate surface area is 316 Å². The standard InChI is InChI=1S/C50H33N3S/c1-3-12-32(13-4-1)34-22-25-35(26-23-34)44-31-45(37-27-24-33-14-7-8-15-36(33)30-37)52-50(51-44)43-20-11-19-41-42-29-28-40-39-18-9-10-21-46(39)53(38-16-5-2-6-17-38)47(40)49(42)54-48(41)43/h1-31,50-51H. The molecule has 0 aliphatic carbocycles. The number of fused-ring (bicyclic) bond motifs is 8. The van der Waals surface area contributed by atoms with E-state index >= 15 is 0 Å². The summed E-state index contributed by atoms with van der Waals surface area (Å²) in [5.74, 6) is 0. The SMILES string of the molecule is C1=C(c2ccc(-c3ccccc3)cc2)NC(c2cccc3c2sc2c3ccc3c4ccccc4n(-c4ccccc4)c32)N=C1c1ccc2ccccc2c1. The highest BCUT2D eigenvalue weighted by Crippen LogP contribution is 2.45. The smallest absolute Gasteiger partial charge is 0.146 e. The molecule has 54 heavy (non-hydrogen) atoms. The topological polar surface area (TPSA) is 29.3 Å². The van der Waals surface area contributed by atoms with E-state index in [9.17, 15) is 0 Å². The summed E-state index contributed by atoms with van der Waals surface area (Å²) < 4.78 is 4.98. The molecule has 0 bridgehead atoms. The Morgan fingerprint density at radius 2 is 1.13 bits per heavy atom. The fourth-order valence-electron chi connectivity index (χ4n) is 8.21. The van der Waals surface area contributed by atoms with Crippen LogP contribution in [0.2, 0.25) is 0 Å². The molecular weight excluding hydrogens is 675 g/mol. The fourth-order valence-corrected chi connectivity index (χ4v) is 9.59. The van der Waals surface area contributed by atoms with Gasteiger partial charge in [0.25, 0.3) is 0 Å². The first kappa shape index (κ1) is 30.8. The van der Waals surface area contributed by atoms with Crippen molar-refractivity contribution < 1.29 is 0 Å². The number of para-hydroxylation sites is 2. The number of nitrogens with one attached hydrogen (secondary N) is 1. The molecule has 0 saturated carbocycles. The van der Waals surface area contributed by atoms with E-state index in [1.807, 2.05) is 11.3 Å². The third-order valence-electron chi connectivity index (χ3n) is 10.8. The Bertz CT molecular complexity index is 3110. The molecule has 0 fully saturated rings. The molecule has 1 aliphatic heterocycles. The zero-order valence-corrected chi connectivity index (χ0v) is 30.1. The molecule has 1 aliphatic rings. The summed E-state index contributed by atoms with van der Waals surface area (Å²) >= 11 is 1.88. The van der Waals surface area contributed by atoms with E-state index in [1.54, 1.807) is 0 Å². The van der Waals surface area contributed by atoms with Crippen LogP contribution in [0.25, 0.3) is 75.3 Å². The monoisotopic (exact) mass is 707 g/mol. The van der Waals surface area contributed by atoms with Crippen LogP contribution in [0.15, 0.2) is 193 Å². The van der Waals surface area contributed by atoms with Crippen LogP contribution in [0.1, 0.15) is 22.9 Å². The van der Waals surface area contributed by atoms with Gasteiger partial charge in [-0.1, -0.05) is 158 Å². The van der Waals surface area contributed by atoms with Gasteiger partial charge in [0.2, 0.25) is 0 Å². The summed E-state index contributed by atoms with van der Waals surface area (Å²) in [7, 11) is 0. The van der Waals surface area contributed by atoms with Gasteiger partial charge in [-0.2, -0.15) is 0 Å². The summed E-state index contributed by atoms with van der Waals surface area (Å²) in [6.45, 7) is 0. The van der Waals surface area contributed by atoms with Crippen molar-refractivity contribution in [1.29, 1.82) is 0 Å². The normalized spacial score (nSPS) is 14.5. The first-order valence-corrected chi connectivity index (χ1v) is 19.2. The number of thiophene rings is 1. The molecule has 2 aromatic heterocycles. The highest BCUT2D eigenvalue weighted by molar-refractivity contribution is 7.26. The van der Waals surface area contributed by atoms with E-state index in [-0.39, 0.29) is 6.17 Å². The molecule has 3 heterocycles. The molecule has 254 valence electrons. The molecule has 1 N–H and O–H groups in total. The van der Waals surface area contributed by atoms with Crippen molar-refractivity contribution >= 4 is 75.5 Å². The Hall–Kier alpha value is -6.75. The van der Waals surface area contributed by atoms with Gasteiger partial charge in [-0.15, -0.1) is 11.3 Å². The molecule has 10 aromatic rings. The molecule has 0 spiro atoms. The Kier molecular flexibility index (Phi) is 7.10. The number of allylic oxidation sites excluding steroid dienone is 1. The van der Waals surface area contributed by atoms with Crippen LogP contribution in [0, 0.1) is 0 Å². The van der Waals surface area contributed by atoms with Gasteiger partial charge in [0.15, 0.2) is 0 Å². The Balaban J connectivity index is 1.10. The molecule has 4 heteroatoms. The highest BCUT2D eigenvalue weighted by atomic mass is 32.1. The Morgan fingerprint density at radius 1 is 0.481 bits per heavy atom. The fraction of sp³-hybridized carbons (Fsp3) is 0.0200. The average molecular weight is 708 g/mol. The minimum absolute atomic E-state index is 0.285. The number of aromatic nitrogens is 1. The maximum atomic E-state index is 5.48. The van der Waals surface area contributed by atoms with Gasteiger partial charge >= 0.3 is 0 Å². The predicted octanol–water partition coefficient (Wildman–Crippen LogP) is 13.1. The van der Waals surface area contributed by atoms with Crippen molar-refractivity contribution in [3.63, 3.8) is 0 Å². The lowest BCUT2D eigenvalue weighted by molar-refractivity contribution is 0.670. The van der Waals surface area contributed by atoms with Gasteiger partial charge in [-0.3, -0.25) is 4.99 Å². The van der Waals surface area contributed by atoms with Crippen molar-refractivity contribution in [3.05, 3.63) is 205 Å². The van der Waals surface area contributed by atoms with Gasteiger partial charge in [0, 0.05) is 48.8 Å². The zero-order chi connectivity index (χ0) is 35.6. The first-order chi connectivity index (χ1) is 26.8. The number of nitrogens with zero attached hydrogens (tertiary/aromatic N) is 2. The highest BCUT2D eigenvalue weighted by Gasteiger charge is 2.24. The number of hydrogen-bond donors (Lipinski definition) is 1. The van der Waals surface area contributed by atoms with Gasteiger partial charge in [-0.05, 0) is 57.8 Å². The van der Waals surface area contributed by atoms with Crippen molar-refractivity contribution in [2.24, 2.45) is 4.99 Å². The predicted molar refractivity (Wildman–Crippen MR) is 230 cm³/mol. The lowest BCUT2D eigenvalue weighted by Gasteiger charge is -2.25. The van der Waals surface area contributed by atoms with Crippen LogP contribution in [-0.2, 0) is 0 Å². The van der Waals surface area contributed by atoms with Crippen LogP contribution >= 0.6 is 11.3 Å².